The van der Waals surface area contributed by atoms with Crippen molar-refractivity contribution in [3.05, 3.63) is 60.6 Å². The van der Waals surface area contributed by atoms with E-state index in [1.165, 1.54) is 0 Å². The van der Waals surface area contributed by atoms with Gasteiger partial charge in [0.2, 0.25) is 5.95 Å². The molecular formula is C25H27N7O2. The number of benzene rings is 1. The molecule has 174 valence electrons. The Balaban J connectivity index is 1.64. The molecule has 0 radical (unpaired) electrons. The number of morpholine rings is 1. The fourth-order valence-electron chi connectivity index (χ4n) is 4.10. The number of aromatic nitrogens is 5. The van der Waals surface area contributed by atoms with Gasteiger partial charge in [-0.2, -0.15) is 10.1 Å². The topological polar surface area (TPSA) is 90.2 Å². The quantitative estimate of drug-likeness (QED) is 0.467. The van der Waals surface area contributed by atoms with Gasteiger partial charge in [-0.1, -0.05) is 18.2 Å². The number of nitrogens with zero attached hydrogens (tertiary/aromatic N) is 6. The summed E-state index contributed by atoms with van der Waals surface area (Å²) in [5, 5.41) is 8.02. The first kappa shape index (κ1) is 21.8. The zero-order valence-electron chi connectivity index (χ0n) is 19.5. The maximum Gasteiger partial charge on any atom is 0.228 e. The first-order chi connectivity index (χ1) is 16.6. The highest BCUT2D eigenvalue weighted by atomic mass is 16.5. The smallest absolute Gasteiger partial charge is 0.228 e. The molecule has 1 fully saturated rings. The maximum atomic E-state index is 5.85. The van der Waals surface area contributed by atoms with E-state index in [1.807, 2.05) is 42.2 Å². The summed E-state index contributed by atoms with van der Waals surface area (Å²) in [5.41, 5.74) is 5.58. The van der Waals surface area contributed by atoms with E-state index in [4.69, 9.17) is 19.4 Å². The van der Waals surface area contributed by atoms with Gasteiger partial charge in [0.05, 0.1) is 26.0 Å². The van der Waals surface area contributed by atoms with Crippen LogP contribution in [-0.4, -0.2) is 58.1 Å². The zero-order valence-corrected chi connectivity index (χ0v) is 19.5. The number of hydrogen-bond acceptors (Lipinski definition) is 8. The molecule has 0 aliphatic carbocycles. The van der Waals surface area contributed by atoms with Crippen LogP contribution >= 0.6 is 0 Å². The minimum atomic E-state index is 0.573. The van der Waals surface area contributed by atoms with Gasteiger partial charge < -0.3 is 19.7 Å². The molecule has 34 heavy (non-hydrogen) atoms. The maximum absolute atomic E-state index is 5.85. The van der Waals surface area contributed by atoms with Crippen LogP contribution in [0, 0.1) is 6.92 Å². The van der Waals surface area contributed by atoms with Gasteiger partial charge in [-0.3, -0.25) is 9.67 Å². The molecule has 1 N–H and O–H groups in total. The van der Waals surface area contributed by atoms with Crippen molar-refractivity contribution in [2.45, 2.75) is 6.92 Å². The predicted molar refractivity (Wildman–Crippen MR) is 132 cm³/mol. The molecule has 1 aliphatic rings. The minimum Gasteiger partial charge on any atom is -0.491 e. The second-order valence-electron chi connectivity index (χ2n) is 8.13. The molecule has 4 aromatic rings. The van der Waals surface area contributed by atoms with Crippen LogP contribution in [0.2, 0.25) is 0 Å². The van der Waals surface area contributed by atoms with E-state index in [2.05, 4.69) is 39.4 Å². The van der Waals surface area contributed by atoms with Crippen molar-refractivity contribution >= 4 is 17.5 Å². The number of aryl methyl sites for hydroxylation is 2. The Labute approximate surface area is 198 Å². The second-order valence-corrected chi connectivity index (χ2v) is 8.13. The van der Waals surface area contributed by atoms with Gasteiger partial charge in [-0.05, 0) is 30.7 Å². The van der Waals surface area contributed by atoms with Crippen molar-refractivity contribution < 1.29 is 9.47 Å². The lowest BCUT2D eigenvalue weighted by Gasteiger charge is -2.28. The van der Waals surface area contributed by atoms with E-state index >= 15 is 0 Å². The van der Waals surface area contributed by atoms with Gasteiger partial charge in [0.25, 0.3) is 0 Å². The van der Waals surface area contributed by atoms with Crippen LogP contribution in [0.5, 0.6) is 5.75 Å². The molecule has 5 rings (SSSR count). The van der Waals surface area contributed by atoms with E-state index in [-0.39, 0.29) is 0 Å². The summed E-state index contributed by atoms with van der Waals surface area (Å²) >= 11 is 0. The largest absolute Gasteiger partial charge is 0.491 e. The fourth-order valence-corrected chi connectivity index (χ4v) is 4.10. The molecule has 1 aliphatic heterocycles. The SMILES string of the molecule is COc1c(Nc2ccncc2)nc(N2CCOCC2)nc1-c1cccc(-c2nn(C)cc2C)c1. The third-order valence-electron chi connectivity index (χ3n) is 5.72. The van der Waals surface area contributed by atoms with Crippen molar-refractivity contribution in [3.8, 4) is 28.3 Å². The van der Waals surface area contributed by atoms with Gasteiger partial charge in [0.1, 0.15) is 5.69 Å². The molecule has 9 nitrogen and oxygen atoms in total. The van der Waals surface area contributed by atoms with E-state index in [0.717, 1.165) is 41.2 Å². The van der Waals surface area contributed by atoms with Crippen LogP contribution < -0.4 is 15.0 Å². The molecule has 0 spiro atoms. The zero-order chi connectivity index (χ0) is 23.5. The summed E-state index contributed by atoms with van der Waals surface area (Å²) in [6.45, 7) is 4.81. The van der Waals surface area contributed by atoms with Crippen LogP contribution in [0.15, 0.2) is 55.0 Å². The summed E-state index contributed by atoms with van der Waals surface area (Å²) in [4.78, 5) is 16.0. The van der Waals surface area contributed by atoms with Gasteiger partial charge in [0, 0.05) is 55.5 Å². The van der Waals surface area contributed by atoms with Gasteiger partial charge in [-0.15, -0.1) is 0 Å². The molecule has 0 bridgehead atoms. The van der Waals surface area contributed by atoms with Crippen LogP contribution in [0.4, 0.5) is 17.5 Å². The van der Waals surface area contributed by atoms with E-state index in [1.54, 1.807) is 19.5 Å². The average Bonchev–Trinajstić information content (AvgIpc) is 3.22. The number of pyridine rings is 1. The third-order valence-corrected chi connectivity index (χ3v) is 5.72. The van der Waals surface area contributed by atoms with Crippen molar-refractivity contribution in [1.29, 1.82) is 0 Å². The van der Waals surface area contributed by atoms with Gasteiger partial charge in [-0.25, -0.2) is 4.98 Å². The Morgan fingerprint density at radius 3 is 2.41 bits per heavy atom. The summed E-state index contributed by atoms with van der Waals surface area (Å²) in [5.74, 6) is 1.80. The molecular weight excluding hydrogens is 430 g/mol. The number of hydrogen-bond donors (Lipinski definition) is 1. The monoisotopic (exact) mass is 457 g/mol. The van der Waals surface area contributed by atoms with Crippen molar-refractivity contribution in [2.75, 3.05) is 43.6 Å². The fraction of sp³-hybridized carbons (Fsp3) is 0.280. The van der Waals surface area contributed by atoms with Gasteiger partial charge in [0.15, 0.2) is 11.6 Å². The Kier molecular flexibility index (Phi) is 6.09. The van der Waals surface area contributed by atoms with E-state index < -0.39 is 0 Å². The van der Waals surface area contributed by atoms with Crippen molar-refractivity contribution in [2.24, 2.45) is 7.05 Å². The van der Waals surface area contributed by atoms with E-state index in [9.17, 15) is 0 Å². The molecule has 0 amide bonds. The standard InChI is InChI=1S/C25H27N7O2/c1-17-16-31(2)30-21(17)18-5-4-6-19(15-18)22-23(33-3)24(27-20-7-9-26-10-8-20)29-25(28-22)32-11-13-34-14-12-32/h4-10,15-16H,11-14H2,1-3H3,(H,26,27,28,29). The molecule has 0 saturated carbocycles. The predicted octanol–water partition coefficient (Wildman–Crippen LogP) is 3.84. The van der Waals surface area contributed by atoms with Crippen LogP contribution in [0.25, 0.3) is 22.5 Å². The Bertz CT molecular complexity index is 1280. The number of rotatable bonds is 6. The summed E-state index contributed by atoms with van der Waals surface area (Å²) < 4.78 is 13.2. The number of methoxy groups -OCH3 is 1. The van der Waals surface area contributed by atoms with E-state index in [0.29, 0.717) is 36.4 Å². The lowest BCUT2D eigenvalue weighted by atomic mass is 10.0. The average molecular weight is 458 g/mol. The Morgan fingerprint density at radius 1 is 1.00 bits per heavy atom. The first-order valence-corrected chi connectivity index (χ1v) is 11.2. The number of nitrogens with one attached hydrogen (secondary N) is 1. The highest BCUT2D eigenvalue weighted by molar-refractivity contribution is 5.79. The molecule has 1 aromatic carbocycles. The normalized spacial score (nSPS) is 13.7. The lowest BCUT2D eigenvalue weighted by molar-refractivity contribution is 0.122. The summed E-state index contributed by atoms with van der Waals surface area (Å²) in [6.07, 6.45) is 5.48. The molecule has 9 heteroatoms. The molecule has 4 heterocycles. The minimum absolute atomic E-state index is 0.573. The Hall–Kier alpha value is -3.98. The lowest BCUT2D eigenvalue weighted by Crippen LogP contribution is -2.37. The molecule has 0 atom stereocenters. The van der Waals surface area contributed by atoms with Crippen LogP contribution in [0.3, 0.4) is 0 Å². The number of ether oxygens (including phenoxy) is 2. The summed E-state index contributed by atoms with van der Waals surface area (Å²) in [6, 6.07) is 12.0. The third kappa shape index (κ3) is 4.42. The van der Waals surface area contributed by atoms with Crippen molar-refractivity contribution in [3.63, 3.8) is 0 Å². The molecule has 1 saturated heterocycles. The van der Waals surface area contributed by atoms with Crippen molar-refractivity contribution in [1.82, 2.24) is 24.7 Å². The molecule has 3 aromatic heterocycles. The van der Waals surface area contributed by atoms with Crippen LogP contribution in [0.1, 0.15) is 5.56 Å². The first-order valence-electron chi connectivity index (χ1n) is 11.2. The van der Waals surface area contributed by atoms with Gasteiger partial charge >= 0.3 is 0 Å². The number of anilines is 3. The molecule has 0 unspecified atom stereocenters. The highest BCUT2D eigenvalue weighted by Crippen LogP contribution is 2.38. The Morgan fingerprint density at radius 2 is 1.74 bits per heavy atom. The second kappa shape index (κ2) is 9.48. The summed E-state index contributed by atoms with van der Waals surface area (Å²) in [7, 11) is 3.57. The van der Waals surface area contributed by atoms with Crippen LogP contribution in [-0.2, 0) is 11.8 Å². The highest BCUT2D eigenvalue weighted by Gasteiger charge is 2.22.